The van der Waals surface area contributed by atoms with E-state index < -0.39 is 6.04 Å². The molecule has 0 spiro atoms. The van der Waals surface area contributed by atoms with Gasteiger partial charge in [0.15, 0.2) is 0 Å². The van der Waals surface area contributed by atoms with Gasteiger partial charge >= 0.3 is 6.03 Å². The topological polar surface area (TPSA) is 40.6 Å². The smallest absolute Gasteiger partial charge is 0.306 e. The van der Waals surface area contributed by atoms with Crippen LogP contribution in [0.1, 0.15) is 57.6 Å². The van der Waals surface area contributed by atoms with Crippen molar-refractivity contribution in [2.75, 3.05) is 0 Å². The summed E-state index contributed by atoms with van der Waals surface area (Å²) in [4.78, 5) is 30.4. The lowest BCUT2D eigenvalue weighted by Crippen LogP contribution is -2.58. The van der Waals surface area contributed by atoms with Gasteiger partial charge in [-0.15, -0.1) is 0 Å². The number of urea groups is 1. The largest absolute Gasteiger partial charge is 0.328 e. The summed E-state index contributed by atoms with van der Waals surface area (Å²) in [6.45, 7) is 4.03. The lowest BCUT2D eigenvalue weighted by molar-refractivity contribution is -0.136. The zero-order valence-corrected chi connectivity index (χ0v) is 15.7. The van der Waals surface area contributed by atoms with Crippen molar-refractivity contribution in [2.24, 2.45) is 23.7 Å². The number of benzene rings is 1. The van der Waals surface area contributed by atoms with E-state index in [1.165, 1.54) is 32.1 Å². The monoisotopic (exact) mass is 352 g/mol. The maximum Gasteiger partial charge on any atom is 0.328 e. The number of rotatable bonds is 3. The van der Waals surface area contributed by atoms with Gasteiger partial charge in [0.05, 0.1) is 0 Å². The fourth-order valence-corrected chi connectivity index (χ4v) is 6.63. The molecule has 138 valence electrons. The third-order valence-corrected chi connectivity index (χ3v) is 7.32. The first kappa shape index (κ1) is 16.3. The summed E-state index contributed by atoms with van der Waals surface area (Å²) < 4.78 is 0. The second-order valence-electron chi connectivity index (χ2n) is 9.23. The third-order valence-electron chi connectivity index (χ3n) is 7.32. The average molecular weight is 352 g/mol. The summed E-state index contributed by atoms with van der Waals surface area (Å²) in [7, 11) is 0. The van der Waals surface area contributed by atoms with Crippen molar-refractivity contribution in [3.8, 4) is 0 Å². The number of hydrogen-bond donors (Lipinski definition) is 0. The van der Waals surface area contributed by atoms with E-state index in [9.17, 15) is 9.59 Å². The molecule has 0 aromatic heterocycles. The van der Waals surface area contributed by atoms with E-state index in [1.54, 1.807) is 4.90 Å². The van der Waals surface area contributed by atoms with Crippen LogP contribution < -0.4 is 0 Å². The minimum absolute atomic E-state index is 0.00683. The van der Waals surface area contributed by atoms with Crippen molar-refractivity contribution in [3.63, 3.8) is 0 Å². The molecule has 26 heavy (non-hydrogen) atoms. The molecular formula is C22H28N2O2. The Bertz CT molecular complexity index is 701. The first-order valence-corrected chi connectivity index (χ1v) is 10.2. The number of imide groups is 1. The molecule has 1 atom stereocenters. The number of nitrogens with zero attached hydrogens (tertiary/aromatic N) is 2. The molecule has 6 rings (SSSR count). The van der Waals surface area contributed by atoms with Crippen LogP contribution in [0.15, 0.2) is 30.3 Å². The molecule has 0 radical (unpaired) electrons. The first-order valence-electron chi connectivity index (χ1n) is 10.2. The Morgan fingerprint density at radius 3 is 2.00 bits per heavy atom. The van der Waals surface area contributed by atoms with Crippen LogP contribution in [0.25, 0.3) is 0 Å². The maximum atomic E-state index is 13.5. The molecule has 1 aromatic carbocycles. The molecule has 4 bridgehead atoms. The molecule has 5 aliphatic rings. The van der Waals surface area contributed by atoms with Crippen LogP contribution in [0.5, 0.6) is 0 Å². The Morgan fingerprint density at radius 2 is 1.46 bits per heavy atom. The van der Waals surface area contributed by atoms with Gasteiger partial charge < -0.3 is 4.90 Å². The maximum absolute atomic E-state index is 13.5. The number of hydrogen-bond acceptors (Lipinski definition) is 2. The highest BCUT2D eigenvalue weighted by Crippen LogP contribution is 2.56. The van der Waals surface area contributed by atoms with Crippen LogP contribution >= 0.6 is 0 Å². The highest BCUT2D eigenvalue weighted by atomic mass is 16.2. The Morgan fingerprint density at radius 1 is 0.885 bits per heavy atom. The fraction of sp³-hybridized carbons (Fsp3) is 0.636. The molecule has 3 amide bonds. The lowest BCUT2D eigenvalue weighted by atomic mass is 9.54. The molecule has 0 N–H and O–H groups in total. The normalized spacial score (nSPS) is 38.7. The molecule has 4 aliphatic carbocycles. The lowest BCUT2D eigenvalue weighted by Gasteiger charge is -2.55. The van der Waals surface area contributed by atoms with E-state index in [1.807, 2.05) is 49.1 Å². The minimum atomic E-state index is -0.458. The van der Waals surface area contributed by atoms with E-state index in [0.717, 1.165) is 17.4 Å². The number of carbonyl (C=O) groups is 2. The van der Waals surface area contributed by atoms with Crippen molar-refractivity contribution < 1.29 is 9.59 Å². The van der Waals surface area contributed by atoms with Gasteiger partial charge in [0.1, 0.15) is 6.04 Å². The number of carbonyl (C=O) groups excluding carboxylic acids is 2. The highest BCUT2D eigenvalue weighted by Gasteiger charge is 2.57. The van der Waals surface area contributed by atoms with E-state index in [-0.39, 0.29) is 24.0 Å². The van der Waals surface area contributed by atoms with Crippen LogP contribution in [0.2, 0.25) is 0 Å². The van der Waals surface area contributed by atoms with Gasteiger partial charge in [-0.2, -0.15) is 0 Å². The van der Waals surface area contributed by atoms with E-state index >= 15 is 0 Å². The molecule has 1 aliphatic heterocycles. The molecule has 5 fully saturated rings. The molecule has 1 unspecified atom stereocenters. The molecule has 1 aromatic rings. The first-order chi connectivity index (χ1) is 12.5. The van der Waals surface area contributed by atoms with Gasteiger partial charge in [-0.05, 0) is 75.2 Å². The van der Waals surface area contributed by atoms with E-state index in [0.29, 0.717) is 11.8 Å². The van der Waals surface area contributed by atoms with Crippen LogP contribution in [0, 0.1) is 23.7 Å². The summed E-state index contributed by atoms with van der Waals surface area (Å²) in [6, 6.07) is 9.46. The predicted molar refractivity (Wildman–Crippen MR) is 99.2 cm³/mol. The second kappa shape index (κ2) is 5.83. The van der Waals surface area contributed by atoms with Crippen LogP contribution in [-0.2, 0) is 4.79 Å². The molecular weight excluding hydrogens is 324 g/mol. The summed E-state index contributed by atoms with van der Waals surface area (Å²) in [5, 5.41) is 0. The quantitative estimate of drug-likeness (QED) is 0.764. The van der Waals surface area contributed by atoms with Crippen LogP contribution in [0.4, 0.5) is 4.79 Å². The summed E-state index contributed by atoms with van der Waals surface area (Å²) in [6.07, 6.45) is 6.24. The minimum Gasteiger partial charge on any atom is -0.306 e. The van der Waals surface area contributed by atoms with Gasteiger partial charge in [-0.3, -0.25) is 9.69 Å². The summed E-state index contributed by atoms with van der Waals surface area (Å²) >= 11 is 0. The van der Waals surface area contributed by atoms with E-state index in [4.69, 9.17) is 0 Å². The van der Waals surface area contributed by atoms with Gasteiger partial charge in [-0.25, -0.2) is 4.79 Å². The van der Waals surface area contributed by atoms with Crippen molar-refractivity contribution >= 4 is 11.9 Å². The standard InChI is InChI=1S/C22H28N2O2/c1-13(2)23-20(16-6-4-3-5-7-16)21(25)24(22(23)26)19-17-9-14-8-15(11-17)12-18(19)10-14/h3-7,13-15,17-20H,8-12H2,1-2H3. The van der Waals surface area contributed by atoms with Gasteiger partial charge in [0.2, 0.25) is 0 Å². The number of amides is 3. The predicted octanol–water partition coefficient (Wildman–Crippen LogP) is 4.23. The molecule has 1 saturated heterocycles. The van der Waals surface area contributed by atoms with Crippen LogP contribution in [-0.4, -0.2) is 33.8 Å². The van der Waals surface area contributed by atoms with Crippen molar-refractivity contribution in [1.29, 1.82) is 0 Å². The van der Waals surface area contributed by atoms with Gasteiger partial charge in [-0.1, -0.05) is 30.3 Å². The Kier molecular flexibility index (Phi) is 3.67. The Balaban J connectivity index is 1.52. The Hall–Kier alpha value is -1.84. The zero-order valence-electron chi connectivity index (χ0n) is 15.7. The zero-order chi connectivity index (χ0) is 18.0. The van der Waals surface area contributed by atoms with Crippen molar-refractivity contribution in [2.45, 2.75) is 64.1 Å². The van der Waals surface area contributed by atoms with Crippen LogP contribution in [0.3, 0.4) is 0 Å². The SMILES string of the molecule is CC(C)N1C(=O)N(C2C3CC4CC(C3)CC2C4)C(=O)C1c1ccccc1. The fourth-order valence-electron chi connectivity index (χ4n) is 6.63. The average Bonchev–Trinajstić information content (AvgIpc) is 2.86. The molecule has 1 heterocycles. The molecule has 4 heteroatoms. The van der Waals surface area contributed by atoms with Gasteiger partial charge in [0.25, 0.3) is 5.91 Å². The van der Waals surface area contributed by atoms with Crippen molar-refractivity contribution in [3.05, 3.63) is 35.9 Å². The summed E-state index contributed by atoms with van der Waals surface area (Å²) in [5.41, 5.74) is 0.936. The second-order valence-corrected chi connectivity index (χ2v) is 9.23. The van der Waals surface area contributed by atoms with Gasteiger partial charge in [0, 0.05) is 12.1 Å². The van der Waals surface area contributed by atoms with Crippen molar-refractivity contribution in [1.82, 2.24) is 9.80 Å². The molecule has 4 nitrogen and oxygen atoms in total. The summed E-state index contributed by atoms with van der Waals surface area (Å²) in [5.74, 6) is 2.75. The third kappa shape index (κ3) is 2.27. The molecule has 4 saturated carbocycles. The highest BCUT2D eigenvalue weighted by molar-refractivity contribution is 6.05. The Labute approximate surface area is 155 Å². The van der Waals surface area contributed by atoms with E-state index in [2.05, 4.69) is 0 Å².